The lowest BCUT2D eigenvalue weighted by molar-refractivity contribution is -0.386. The number of nitrogens with zero attached hydrogens (tertiary/aromatic N) is 2. The van der Waals surface area contributed by atoms with Crippen LogP contribution in [0.2, 0.25) is 0 Å². The Balaban J connectivity index is 2.15. The van der Waals surface area contributed by atoms with E-state index >= 15 is 0 Å². The van der Waals surface area contributed by atoms with E-state index in [1.807, 2.05) is 4.98 Å². The van der Waals surface area contributed by atoms with Gasteiger partial charge in [-0.1, -0.05) is 0 Å². The number of carbonyl (C=O) groups is 1. The van der Waals surface area contributed by atoms with Gasteiger partial charge in [0.25, 0.3) is 5.56 Å². The van der Waals surface area contributed by atoms with E-state index in [1.54, 1.807) is 0 Å². The largest absolute Gasteiger partial charge is 0.500 e. The van der Waals surface area contributed by atoms with Crippen LogP contribution in [0.5, 0.6) is 11.5 Å². The van der Waals surface area contributed by atoms with Crippen LogP contribution in [-0.4, -0.2) is 39.2 Å². The molecule has 0 radical (unpaired) electrons. The third-order valence-electron chi connectivity index (χ3n) is 3.49. The number of hydrogen-bond acceptors (Lipinski definition) is 8. The molecular weight excluding hydrogens is 362 g/mol. The van der Waals surface area contributed by atoms with Gasteiger partial charge in [-0.25, -0.2) is 10.2 Å². The predicted molar refractivity (Wildman–Crippen MR) is 93.2 cm³/mol. The fourth-order valence-electron chi connectivity index (χ4n) is 2.20. The molecule has 1 heterocycles. The number of nitrogens with one attached hydrogen (secondary N) is 3. The summed E-state index contributed by atoms with van der Waals surface area (Å²) in [6.45, 7) is 1.48. The van der Waals surface area contributed by atoms with Gasteiger partial charge in [0.05, 0.1) is 24.7 Å². The zero-order valence-corrected chi connectivity index (χ0v) is 14.2. The number of phenolic OH excluding ortho intramolecular Hbond substituents is 1. The summed E-state index contributed by atoms with van der Waals surface area (Å²) in [4.78, 5) is 49.2. The molecule has 142 valence electrons. The average molecular weight is 377 g/mol. The fourth-order valence-corrected chi connectivity index (χ4v) is 2.20. The first-order valence-corrected chi connectivity index (χ1v) is 7.42. The zero-order valence-electron chi connectivity index (χ0n) is 14.2. The Morgan fingerprint density at radius 2 is 2.11 bits per heavy atom. The molecule has 0 spiro atoms. The van der Waals surface area contributed by atoms with Crippen molar-refractivity contribution in [3.05, 3.63) is 59.9 Å². The number of ether oxygens (including phenoxy) is 1. The second-order valence-electron chi connectivity index (χ2n) is 5.33. The van der Waals surface area contributed by atoms with Crippen LogP contribution in [0.3, 0.4) is 0 Å². The Hall–Kier alpha value is -3.96. The van der Waals surface area contributed by atoms with Gasteiger partial charge in [-0.3, -0.25) is 24.7 Å². The summed E-state index contributed by atoms with van der Waals surface area (Å²) >= 11 is 0. The molecule has 4 N–H and O–H groups in total. The molecule has 0 fully saturated rings. The second-order valence-corrected chi connectivity index (χ2v) is 5.33. The van der Waals surface area contributed by atoms with Gasteiger partial charge in [-0.15, -0.1) is 0 Å². The number of hydrogen-bond donors (Lipinski definition) is 4. The topological polar surface area (TPSA) is 180 Å². The summed E-state index contributed by atoms with van der Waals surface area (Å²) in [5.41, 5.74) is 0.727. The highest BCUT2D eigenvalue weighted by molar-refractivity contribution is 5.85. The molecule has 0 atom stereocenters. The van der Waals surface area contributed by atoms with Crippen LogP contribution in [0.1, 0.15) is 16.8 Å². The predicted octanol–water partition coefficient (Wildman–Crippen LogP) is -0.313. The summed E-state index contributed by atoms with van der Waals surface area (Å²) in [5, 5.41) is 24.3. The van der Waals surface area contributed by atoms with E-state index in [-0.39, 0.29) is 29.0 Å². The van der Waals surface area contributed by atoms with Crippen molar-refractivity contribution in [2.45, 2.75) is 13.3 Å². The van der Waals surface area contributed by atoms with Crippen LogP contribution < -0.4 is 21.4 Å². The van der Waals surface area contributed by atoms with Crippen molar-refractivity contribution in [1.82, 2.24) is 15.4 Å². The molecule has 1 aromatic heterocycles. The lowest BCUT2D eigenvalue weighted by Gasteiger charge is -2.05. The lowest BCUT2D eigenvalue weighted by atomic mass is 10.1. The van der Waals surface area contributed by atoms with Crippen molar-refractivity contribution in [3.8, 4) is 11.5 Å². The molecule has 12 nitrogen and oxygen atoms in total. The number of phenols is 1. The number of methoxy groups -OCH3 is 1. The van der Waals surface area contributed by atoms with Crippen molar-refractivity contribution in [3.63, 3.8) is 0 Å². The van der Waals surface area contributed by atoms with Crippen LogP contribution in [-0.2, 0) is 11.2 Å². The van der Waals surface area contributed by atoms with Gasteiger partial charge in [-0.05, 0) is 13.0 Å². The summed E-state index contributed by atoms with van der Waals surface area (Å²) in [6.07, 6.45) is 0.769. The van der Waals surface area contributed by atoms with Crippen LogP contribution in [0, 0.1) is 17.0 Å². The number of aromatic amines is 2. The number of aromatic nitrogens is 2. The minimum absolute atomic E-state index is 0.0734. The number of hydrazone groups is 1. The first-order valence-electron chi connectivity index (χ1n) is 7.42. The lowest BCUT2D eigenvalue weighted by Crippen LogP contribution is -2.30. The van der Waals surface area contributed by atoms with E-state index in [0.717, 1.165) is 12.3 Å². The van der Waals surface area contributed by atoms with Gasteiger partial charge in [0.2, 0.25) is 11.7 Å². The standard InChI is InChI=1S/C15H15N5O7/c1-7-9(14(23)18-15(24)17-7)5-12(21)19-16-6-8-3-10(20(25)26)13(22)11(4-8)27-2/h3-4,6,22H,5H2,1-2H3,(H,19,21)(H2,17,18,23,24)/b16-6-. The first kappa shape index (κ1) is 19.4. The normalized spacial score (nSPS) is 10.7. The molecule has 0 aliphatic carbocycles. The highest BCUT2D eigenvalue weighted by Crippen LogP contribution is 2.36. The maximum atomic E-state index is 11.9. The number of carbonyl (C=O) groups excluding carboxylic acids is 1. The Morgan fingerprint density at radius 1 is 1.41 bits per heavy atom. The van der Waals surface area contributed by atoms with Gasteiger partial charge in [-0.2, -0.15) is 5.10 Å². The van der Waals surface area contributed by atoms with Gasteiger partial charge in [0, 0.05) is 22.9 Å². The molecule has 0 bridgehead atoms. The van der Waals surface area contributed by atoms with E-state index in [0.29, 0.717) is 0 Å². The Bertz CT molecular complexity index is 1040. The smallest absolute Gasteiger partial charge is 0.325 e. The third-order valence-corrected chi connectivity index (χ3v) is 3.49. The van der Waals surface area contributed by atoms with Gasteiger partial charge >= 0.3 is 11.4 Å². The maximum Gasteiger partial charge on any atom is 0.325 e. The van der Waals surface area contributed by atoms with E-state index in [4.69, 9.17) is 4.74 Å². The molecule has 2 rings (SSSR count). The molecule has 0 saturated carbocycles. The number of H-pyrrole nitrogens is 2. The van der Waals surface area contributed by atoms with Crippen molar-refractivity contribution in [1.29, 1.82) is 0 Å². The molecular formula is C15H15N5O7. The SMILES string of the molecule is COc1cc(/C=N\NC(=O)Cc2c(C)[nH]c(=O)[nH]c2=O)cc([N+](=O)[O-])c1O. The summed E-state index contributed by atoms with van der Waals surface area (Å²) in [5.74, 6) is -1.41. The minimum atomic E-state index is -0.793. The number of aromatic hydroxyl groups is 1. The van der Waals surface area contributed by atoms with E-state index in [1.165, 1.54) is 20.1 Å². The van der Waals surface area contributed by atoms with Gasteiger partial charge < -0.3 is 14.8 Å². The monoisotopic (exact) mass is 377 g/mol. The molecule has 12 heteroatoms. The number of nitro groups is 1. The number of aryl methyl sites for hydroxylation is 1. The van der Waals surface area contributed by atoms with Gasteiger partial charge in [0.15, 0.2) is 5.75 Å². The molecule has 1 aromatic carbocycles. The number of amides is 1. The van der Waals surface area contributed by atoms with Crippen LogP contribution in [0.25, 0.3) is 0 Å². The molecule has 0 unspecified atom stereocenters. The minimum Gasteiger partial charge on any atom is -0.500 e. The zero-order chi connectivity index (χ0) is 20.1. The molecule has 1 amide bonds. The molecule has 2 aromatic rings. The summed E-state index contributed by atoms with van der Waals surface area (Å²) < 4.78 is 4.85. The van der Waals surface area contributed by atoms with E-state index < -0.39 is 33.5 Å². The average Bonchev–Trinajstić information content (AvgIpc) is 2.59. The Morgan fingerprint density at radius 3 is 2.70 bits per heavy atom. The molecule has 0 aliphatic heterocycles. The van der Waals surface area contributed by atoms with Gasteiger partial charge in [0.1, 0.15) is 0 Å². The number of benzene rings is 1. The van der Waals surface area contributed by atoms with Crippen LogP contribution in [0.15, 0.2) is 26.8 Å². The molecule has 0 aliphatic rings. The molecule has 27 heavy (non-hydrogen) atoms. The second kappa shape index (κ2) is 7.95. The van der Waals surface area contributed by atoms with Crippen molar-refractivity contribution in [2.24, 2.45) is 5.10 Å². The first-order chi connectivity index (χ1) is 12.7. The third kappa shape index (κ3) is 4.56. The Kier molecular flexibility index (Phi) is 5.70. The quantitative estimate of drug-likeness (QED) is 0.302. The van der Waals surface area contributed by atoms with Crippen LogP contribution in [0.4, 0.5) is 5.69 Å². The van der Waals surface area contributed by atoms with E-state index in [9.17, 15) is 29.6 Å². The highest BCUT2D eigenvalue weighted by atomic mass is 16.6. The maximum absolute atomic E-state index is 11.9. The number of rotatable bonds is 6. The Labute approximate surface area is 150 Å². The highest BCUT2D eigenvalue weighted by Gasteiger charge is 2.19. The van der Waals surface area contributed by atoms with Crippen molar-refractivity contribution >= 4 is 17.8 Å². The van der Waals surface area contributed by atoms with Crippen molar-refractivity contribution < 1.29 is 19.6 Å². The van der Waals surface area contributed by atoms with E-state index in [2.05, 4.69) is 15.5 Å². The number of nitro benzene ring substituents is 1. The van der Waals surface area contributed by atoms with Crippen molar-refractivity contribution in [2.75, 3.05) is 7.11 Å². The molecule has 0 saturated heterocycles. The fraction of sp³-hybridized carbons (Fsp3) is 0.200. The van der Waals surface area contributed by atoms with Crippen LogP contribution >= 0.6 is 0 Å². The summed E-state index contributed by atoms with van der Waals surface area (Å²) in [7, 11) is 1.23. The summed E-state index contributed by atoms with van der Waals surface area (Å²) in [6, 6.07) is 2.33.